The van der Waals surface area contributed by atoms with Gasteiger partial charge in [-0.15, -0.1) is 0 Å². The average molecular weight is 293 g/mol. The van der Waals surface area contributed by atoms with Gasteiger partial charge in [0, 0.05) is 12.1 Å². The van der Waals surface area contributed by atoms with Crippen LogP contribution in [0.3, 0.4) is 0 Å². The normalized spacial score (nSPS) is 12.5. The Morgan fingerprint density at radius 3 is 2.62 bits per heavy atom. The van der Waals surface area contributed by atoms with Crippen LogP contribution in [-0.2, 0) is 11.3 Å². The third kappa shape index (κ3) is 5.38. The van der Waals surface area contributed by atoms with Crippen LogP contribution in [0.25, 0.3) is 0 Å². The van der Waals surface area contributed by atoms with Crippen LogP contribution in [0.4, 0.5) is 0 Å². The lowest BCUT2D eigenvalue weighted by molar-refractivity contribution is -0.885. The number of amides is 1. The maximum absolute atomic E-state index is 11.7. The Morgan fingerprint density at radius 1 is 1.38 bits per heavy atom. The van der Waals surface area contributed by atoms with E-state index in [2.05, 4.69) is 25.2 Å². The topological polar surface area (TPSA) is 53.8 Å². The zero-order valence-electron chi connectivity index (χ0n) is 13.9. The summed E-state index contributed by atoms with van der Waals surface area (Å²) in [6.45, 7) is 10.1. The minimum Gasteiger partial charge on any atom is -0.507 e. The lowest BCUT2D eigenvalue weighted by atomic mass is 9.95. The molecule has 1 amide bonds. The molecule has 0 aromatic heterocycles. The summed E-state index contributed by atoms with van der Waals surface area (Å²) in [5, 5.41) is 13.0. The summed E-state index contributed by atoms with van der Waals surface area (Å²) in [5.74, 6) is 0.813. The first-order valence-electron chi connectivity index (χ1n) is 7.75. The molecule has 0 radical (unpaired) electrons. The Morgan fingerprint density at radius 2 is 2.05 bits per heavy atom. The fourth-order valence-corrected chi connectivity index (χ4v) is 2.51. The third-order valence-corrected chi connectivity index (χ3v) is 3.62. The smallest absolute Gasteiger partial charge is 0.275 e. The van der Waals surface area contributed by atoms with Crippen molar-refractivity contribution < 1.29 is 14.8 Å². The van der Waals surface area contributed by atoms with Crippen LogP contribution in [0.1, 0.15) is 49.8 Å². The maximum atomic E-state index is 11.7. The van der Waals surface area contributed by atoms with Crippen molar-refractivity contribution in [1.82, 2.24) is 5.32 Å². The van der Waals surface area contributed by atoms with Crippen LogP contribution in [0.5, 0.6) is 5.75 Å². The first-order chi connectivity index (χ1) is 9.85. The molecule has 0 aliphatic carbocycles. The number of phenolic OH excluding ortho intramolecular Hbond substituents is 1. The van der Waals surface area contributed by atoms with Gasteiger partial charge in [0.2, 0.25) is 0 Å². The van der Waals surface area contributed by atoms with Gasteiger partial charge in [0.15, 0.2) is 6.54 Å². The Bertz CT molecular complexity index is 484. The van der Waals surface area contributed by atoms with Gasteiger partial charge in [-0.2, -0.15) is 0 Å². The number of carbonyl (C=O) groups is 1. The molecule has 0 spiro atoms. The van der Waals surface area contributed by atoms with Gasteiger partial charge >= 0.3 is 0 Å². The van der Waals surface area contributed by atoms with Crippen molar-refractivity contribution >= 4 is 5.91 Å². The fraction of sp³-hybridized carbons (Fsp3) is 0.588. The lowest BCUT2D eigenvalue weighted by Gasteiger charge is -2.17. The van der Waals surface area contributed by atoms with Crippen molar-refractivity contribution in [1.29, 1.82) is 0 Å². The van der Waals surface area contributed by atoms with Gasteiger partial charge in [0.1, 0.15) is 12.3 Å². The highest BCUT2D eigenvalue weighted by Gasteiger charge is 2.15. The number of rotatable bonds is 7. The number of aryl methyl sites for hydroxylation is 1. The number of carbonyl (C=O) groups excluding carboxylic acids is 1. The zero-order chi connectivity index (χ0) is 16.0. The van der Waals surface area contributed by atoms with Gasteiger partial charge in [0.25, 0.3) is 5.91 Å². The SMILES string of the molecule is CCCNC(=O)C[NH+](C)Cc1cc(C(C)C)c(C)cc1O. The first kappa shape index (κ1) is 17.5. The number of phenols is 1. The van der Waals surface area contributed by atoms with E-state index in [1.807, 2.05) is 27.0 Å². The van der Waals surface area contributed by atoms with E-state index < -0.39 is 0 Å². The molecule has 0 aliphatic rings. The number of benzene rings is 1. The van der Waals surface area contributed by atoms with Crippen LogP contribution in [0, 0.1) is 6.92 Å². The Labute approximate surface area is 128 Å². The van der Waals surface area contributed by atoms with E-state index in [0.29, 0.717) is 24.8 Å². The van der Waals surface area contributed by atoms with Gasteiger partial charge in [-0.3, -0.25) is 4.79 Å². The van der Waals surface area contributed by atoms with Crippen LogP contribution in [-0.4, -0.2) is 31.2 Å². The molecule has 1 aromatic carbocycles. The molecular formula is C17H29N2O2+. The lowest BCUT2D eigenvalue weighted by Crippen LogP contribution is -3.08. The molecule has 118 valence electrons. The van der Waals surface area contributed by atoms with Gasteiger partial charge in [0.05, 0.1) is 7.05 Å². The Kier molecular flexibility index (Phi) is 6.69. The second-order valence-corrected chi connectivity index (χ2v) is 6.15. The summed E-state index contributed by atoms with van der Waals surface area (Å²) in [4.78, 5) is 12.8. The van der Waals surface area contributed by atoms with E-state index in [1.165, 1.54) is 5.56 Å². The predicted molar refractivity (Wildman–Crippen MR) is 85.7 cm³/mol. The molecule has 1 aromatic rings. The van der Waals surface area contributed by atoms with E-state index in [1.54, 1.807) is 0 Å². The highest BCUT2D eigenvalue weighted by molar-refractivity contribution is 5.76. The van der Waals surface area contributed by atoms with E-state index in [9.17, 15) is 9.90 Å². The van der Waals surface area contributed by atoms with Gasteiger partial charge < -0.3 is 15.3 Å². The van der Waals surface area contributed by atoms with Crippen molar-refractivity contribution in [2.45, 2.75) is 46.6 Å². The number of hydrogen-bond acceptors (Lipinski definition) is 2. The number of nitrogens with one attached hydrogen (secondary N) is 2. The summed E-state index contributed by atoms with van der Waals surface area (Å²) in [6, 6.07) is 3.90. The van der Waals surface area contributed by atoms with Crippen LogP contribution < -0.4 is 10.2 Å². The van der Waals surface area contributed by atoms with Crippen molar-refractivity contribution in [2.75, 3.05) is 20.1 Å². The molecular weight excluding hydrogens is 264 g/mol. The molecule has 0 saturated carbocycles. The summed E-state index contributed by atoms with van der Waals surface area (Å²) in [6.07, 6.45) is 0.946. The van der Waals surface area contributed by atoms with Crippen molar-refractivity contribution in [2.24, 2.45) is 0 Å². The summed E-state index contributed by atoms with van der Waals surface area (Å²) in [7, 11) is 1.97. The molecule has 21 heavy (non-hydrogen) atoms. The molecule has 0 fully saturated rings. The molecule has 4 heteroatoms. The molecule has 1 atom stereocenters. The van der Waals surface area contributed by atoms with E-state index >= 15 is 0 Å². The van der Waals surface area contributed by atoms with Crippen LogP contribution in [0.2, 0.25) is 0 Å². The molecule has 0 saturated heterocycles. The first-order valence-corrected chi connectivity index (χ1v) is 7.75. The van der Waals surface area contributed by atoms with Crippen molar-refractivity contribution in [3.05, 3.63) is 28.8 Å². The largest absolute Gasteiger partial charge is 0.507 e. The molecule has 0 heterocycles. The second-order valence-electron chi connectivity index (χ2n) is 6.15. The number of likely N-dealkylation sites (N-methyl/N-ethyl adjacent to an activating group) is 1. The maximum Gasteiger partial charge on any atom is 0.275 e. The molecule has 0 bridgehead atoms. The number of hydrogen-bond donors (Lipinski definition) is 3. The Balaban J connectivity index is 2.73. The quantitative estimate of drug-likeness (QED) is 0.711. The van der Waals surface area contributed by atoms with Crippen molar-refractivity contribution in [3.8, 4) is 5.75 Å². The molecule has 3 N–H and O–H groups in total. The van der Waals surface area contributed by atoms with E-state index in [4.69, 9.17) is 0 Å². The van der Waals surface area contributed by atoms with Crippen LogP contribution in [0.15, 0.2) is 12.1 Å². The molecule has 1 unspecified atom stereocenters. The predicted octanol–water partition coefficient (Wildman–Crippen LogP) is 1.36. The molecule has 1 rings (SSSR count). The molecule has 0 aliphatic heterocycles. The highest BCUT2D eigenvalue weighted by atomic mass is 16.3. The van der Waals surface area contributed by atoms with E-state index in [-0.39, 0.29) is 5.91 Å². The number of aromatic hydroxyl groups is 1. The average Bonchev–Trinajstić information content (AvgIpc) is 2.39. The summed E-state index contributed by atoms with van der Waals surface area (Å²) < 4.78 is 0. The summed E-state index contributed by atoms with van der Waals surface area (Å²) >= 11 is 0. The summed E-state index contributed by atoms with van der Waals surface area (Å²) in [5.41, 5.74) is 3.28. The van der Waals surface area contributed by atoms with Gasteiger partial charge in [-0.1, -0.05) is 20.8 Å². The van der Waals surface area contributed by atoms with Gasteiger partial charge in [-0.05, 0) is 42.5 Å². The standard InChI is InChI=1S/C17H28N2O2/c1-6-7-18-17(21)11-19(5)10-14-9-15(12(2)3)13(4)8-16(14)20/h8-9,12,20H,6-7,10-11H2,1-5H3,(H,18,21)/p+1. The minimum absolute atomic E-state index is 0.0602. The minimum atomic E-state index is 0.0602. The monoisotopic (exact) mass is 293 g/mol. The second kappa shape index (κ2) is 8.03. The number of quaternary nitrogens is 1. The fourth-order valence-electron chi connectivity index (χ4n) is 2.51. The van der Waals surface area contributed by atoms with E-state index in [0.717, 1.165) is 29.0 Å². The van der Waals surface area contributed by atoms with Crippen molar-refractivity contribution in [3.63, 3.8) is 0 Å². The zero-order valence-corrected chi connectivity index (χ0v) is 13.9. The highest BCUT2D eigenvalue weighted by Crippen LogP contribution is 2.26. The van der Waals surface area contributed by atoms with Gasteiger partial charge in [-0.25, -0.2) is 0 Å². The third-order valence-electron chi connectivity index (χ3n) is 3.62. The van der Waals surface area contributed by atoms with Crippen LogP contribution >= 0.6 is 0 Å². The Hall–Kier alpha value is -1.55. The molecule has 4 nitrogen and oxygen atoms in total.